The Bertz CT molecular complexity index is 312. The highest BCUT2D eigenvalue weighted by Gasteiger charge is 2.20. The van der Waals surface area contributed by atoms with Crippen LogP contribution in [0.3, 0.4) is 0 Å². The van der Waals surface area contributed by atoms with Gasteiger partial charge < -0.3 is 5.73 Å². The maximum Gasteiger partial charge on any atom is 0.231 e. The van der Waals surface area contributed by atoms with Gasteiger partial charge in [-0.15, -0.1) is 0 Å². The van der Waals surface area contributed by atoms with Gasteiger partial charge in [0.05, 0.1) is 5.92 Å². The first-order chi connectivity index (χ1) is 7.15. The van der Waals surface area contributed by atoms with Gasteiger partial charge in [-0.05, 0) is 12.0 Å². The van der Waals surface area contributed by atoms with Gasteiger partial charge in [0.15, 0.2) is 0 Å². The molecule has 1 aromatic heterocycles. The second kappa shape index (κ2) is 5.41. The van der Waals surface area contributed by atoms with Crippen LogP contribution in [-0.4, -0.2) is 22.4 Å². The molecule has 82 valence electrons. The maximum absolute atomic E-state index is 11.7. The summed E-state index contributed by atoms with van der Waals surface area (Å²) in [6, 6.07) is 1.69. The molecule has 1 aromatic rings. The average molecular weight is 208 g/mol. The van der Waals surface area contributed by atoms with Crippen LogP contribution >= 0.6 is 0 Å². The quantitative estimate of drug-likeness (QED) is 0.761. The van der Waals surface area contributed by atoms with Crippen LogP contribution in [0.5, 0.6) is 0 Å². The van der Waals surface area contributed by atoms with Crippen molar-refractivity contribution < 1.29 is 4.79 Å². The summed E-state index contributed by atoms with van der Waals surface area (Å²) in [5.41, 5.74) is 5.53. The minimum atomic E-state index is -0.200. The third-order valence-electron chi connectivity index (χ3n) is 2.20. The largest absolute Gasteiger partial charge is 0.330 e. The topological polar surface area (TPSA) is 80.9 Å². The van der Waals surface area contributed by atoms with Crippen molar-refractivity contribution in [2.24, 2.45) is 17.6 Å². The first-order valence-corrected chi connectivity index (χ1v) is 4.93. The van der Waals surface area contributed by atoms with Crippen LogP contribution in [-0.2, 0) is 4.79 Å². The Hall–Kier alpha value is -1.49. The van der Waals surface area contributed by atoms with Crippen molar-refractivity contribution in [1.82, 2.24) is 9.97 Å². The summed E-state index contributed by atoms with van der Waals surface area (Å²) in [4.78, 5) is 19.5. The molecule has 0 spiro atoms. The summed E-state index contributed by atoms with van der Waals surface area (Å²) in [5, 5.41) is 2.63. The van der Waals surface area contributed by atoms with Crippen molar-refractivity contribution in [3.8, 4) is 0 Å². The fourth-order valence-electron chi connectivity index (χ4n) is 1.25. The van der Waals surface area contributed by atoms with E-state index in [1.165, 1.54) is 0 Å². The van der Waals surface area contributed by atoms with Crippen molar-refractivity contribution in [2.45, 2.75) is 13.8 Å². The molecule has 0 aliphatic heterocycles. The first kappa shape index (κ1) is 11.6. The third kappa shape index (κ3) is 3.28. The summed E-state index contributed by atoms with van der Waals surface area (Å²) in [6.07, 6.45) is 3.16. The number of aromatic nitrogens is 2. The normalized spacial score (nSPS) is 12.5. The van der Waals surface area contributed by atoms with E-state index in [-0.39, 0.29) is 17.7 Å². The SMILES string of the molecule is CC(C)C(CN)C(=O)Nc1ncccn1. The molecule has 1 amide bonds. The van der Waals surface area contributed by atoms with Crippen molar-refractivity contribution in [1.29, 1.82) is 0 Å². The van der Waals surface area contributed by atoms with Crippen LogP contribution in [0.1, 0.15) is 13.8 Å². The average Bonchev–Trinajstić information content (AvgIpc) is 2.19. The van der Waals surface area contributed by atoms with Gasteiger partial charge in [-0.25, -0.2) is 9.97 Å². The Balaban J connectivity index is 2.62. The van der Waals surface area contributed by atoms with E-state index in [2.05, 4.69) is 15.3 Å². The number of nitrogens with two attached hydrogens (primary N) is 1. The molecule has 0 radical (unpaired) electrons. The van der Waals surface area contributed by atoms with Crippen molar-refractivity contribution in [3.05, 3.63) is 18.5 Å². The van der Waals surface area contributed by atoms with Gasteiger partial charge in [-0.1, -0.05) is 13.8 Å². The Labute approximate surface area is 89.1 Å². The minimum Gasteiger partial charge on any atom is -0.330 e. The molecule has 1 atom stereocenters. The molecule has 0 aromatic carbocycles. The van der Waals surface area contributed by atoms with Gasteiger partial charge >= 0.3 is 0 Å². The lowest BCUT2D eigenvalue weighted by molar-refractivity contribution is -0.120. The Morgan fingerprint density at radius 2 is 2.07 bits per heavy atom. The van der Waals surface area contributed by atoms with E-state index in [0.717, 1.165) is 0 Å². The summed E-state index contributed by atoms with van der Waals surface area (Å²) in [6.45, 7) is 4.25. The molecule has 15 heavy (non-hydrogen) atoms. The third-order valence-corrected chi connectivity index (χ3v) is 2.20. The number of anilines is 1. The molecule has 0 saturated heterocycles. The van der Waals surface area contributed by atoms with Crippen LogP contribution in [0.25, 0.3) is 0 Å². The predicted octanol–water partition coefficient (Wildman–Crippen LogP) is 0.646. The number of hydrogen-bond donors (Lipinski definition) is 2. The smallest absolute Gasteiger partial charge is 0.231 e. The van der Waals surface area contributed by atoms with Gasteiger partial charge in [0, 0.05) is 18.9 Å². The number of hydrogen-bond acceptors (Lipinski definition) is 4. The zero-order chi connectivity index (χ0) is 11.3. The highest BCUT2D eigenvalue weighted by atomic mass is 16.2. The van der Waals surface area contributed by atoms with E-state index in [4.69, 9.17) is 5.73 Å². The van der Waals surface area contributed by atoms with E-state index in [0.29, 0.717) is 12.5 Å². The zero-order valence-corrected chi connectivity index (χ0v) is 8.97. The predicted molar refractivity (Wildman–Crippen MR) is 58.0 cm³/mol. The number of carbonyl (C=O) groups is 1. The minimum absolute atomic E-state index is 0.126. The summed E-state index contributed by atoms with van der Waals surface area (Å²) in [7, 11) is 0. The number of nitrogens with one attached hydrogen (secondary N) is 1. The lowest BCUT2D eigenvalue weighted by atomic mass is 9.95. The van der Waals surface area contributed by atoms with E-state index < -0.39 is 0 Å². The lowest BCUT2D eigenvalue weighted by Gasteiger charge is -2.17. The molecule has 0 aliphatic carbocycles. The molecule has 3 N–H and O–H groups in total. The molecular weight excluding hydrogens is 192 g/mol. The first-order valence-electron chi connectivity index (χ1n) is 4.93. The van der Waals surface area contributed by atoms with Crippen molar-refractivity contribution in [3.63, 3.8) is 0 Å². The number of amides is 1. The van der Waals surface area contributed by atoms with Crippen LogP contribution in [0.4, 0.5) is 5.95 Å². The molecule has 0 fully saturated rings. The molecule has 5 heteroatoms. The van der Waals surface area contributed by atoms with Crippen LogP contribution < -0.4 is 11.1 Å². The summed E-state index contributed by atoms with van der Waals surface area (Å²) >= 11 is 0. The van der Waals surface area contributed by atoms with Gasteiger partial charge in [0.2, 0.25) is 11.9 Å². The van der Waals surface area contributed by atoms with Crippen LogP contribution in [0.15, 0.2) is 18.5 Å². The number of nitrogens with zero attached hydrogens (tertiary/aromatic N) is 2. The fraction of sp³-hybridized carbons (Fsp3) is 0.500. The summed E-state index contributed by atoms with van der Waals surface area (Å²) < 4.78 is 0. The lowest BCUT2D eigenvalue weighted by Crippen LogP contribution is -2.33. The Morgan fingerprint density at radius 1 is 1.47 bits per heavy atom. The Morgan fingerprint density at radius 3 is 2.53 bits per heavy atom. The molecule has 1 unspecified atom stereocenters. The second-order valence-electron chi connectivity index (χ2n) is 3.65. The van der Waals surface area contributed by atoms with Crippen LogP contribution in [0.2, 0.25) is 0 Å². The Kier molecular flexibility index (Phi) is 4.17. The van der Waals surface area contributed by atoms with E-state index in [1.54, 1.807) is 18.5 Å². The molecule has 0 saturated carbocycles. The van der Waals surface area contributed by atoms with Gasteiger partial charge in [0.25, 0.3) is 0 Å². The monoisotopic (exact) mass is 208 g/mol. The molecule has 1 heterocycles. The second-order valence-corrected chi connectivity index (χ2v) is 3.65. The number of carbonyl (C=O) groups excluding carboxylic acids is 1. The van der Waals surface area contributed by atoms with Gasteiger partial charge in [-0.3, -0.25) is 10.1 Å². The molecule has 0 bridgehead atoms. The molecule has 0 aliphatic rings. The molecular formula is C10H16N4O. The zero-order valence-electron chi connectivity index (χ0n) is 8.97. The van der Waals surface area contributed by atoms with Crippen LogP contribution in [0, 0.1) is 11.8 Å². The van der Waals surface area contributed by atoms with E-state index in [1.807, 2.05) is 13.8 Å². The summed E-state index contributed by atoms with van der Waals surface area (Å²) in [5.74, 6) is 0.202. The standard InChI is InChI=1S/C10H16N4O/c1-7(2)8(6-11)9(15)14-10-12-4-3-5-13-10/h3-5,7-8H,6,11H2,1-2H3,(H,12,13,14,15). The van der Waals surface area contributed by atoms with E-state index in [9.17, 15) is 4.79 Å². The number of rotatable bonds is 4. The maximum atomic E-state index is 11.7. The fourth-order valence-corrected chi connectivity index (χ4v) is 1.25. The molecule has 1 rings (SSSR count). The highest BCUT2D eigenvalue weighted by molar-refractivity contribution is 5.91. The van der Waals surface area contributed by atoms with Crippen molar-refractivity contribution in [2.75, 3.05) is 11.9 Å². The highest BCUT2D eigenvalue weighted by Crippen LogP contribution is 2.11. The van der Waals surface area contributed by atoms with Crippen molar-refractivity contribution >= 4 is 11.9 Å². The van der Waals surface area contributed by atoms with E-state index >= 15 is 0 Å². The van der Waals surface area contributed by atoms with Gasteiger partial charge in [-0.2, -0.15) is 0 Å². The molecule has 5 nitrogen and oxygen atoms in total. The van der Waals surface area contributed by atoms with Gasteiger partial charge in [0.1, 0.15) is 0 Å².